The summed E-state index contributed by atoms with van der Waals surface area (Å²) < 4.78 is 0. The topological polar surface area (TPSA) is 60.9 Å². The lowest BCUT2D eigenvalue weighted by molar-refractivity contribution is -0.139. The lowest BCUT2D eigenvalue weighted by atomic mass is 10.1. The van der Waals surface area contributed by atoms with Crippen molar-refractivity contribution in [3.63, 3.8) is 0 Å². The van der Waals surface area contributed by atoms with Crippen molar-refractivity contribution in [2.24, 2.45) is 0 Å². The van der Waals surface area contributed by atoms with E-state index in [2.05, 4.69) is 12.1 Å². The fourth-order valence-corrected chi connectivity index (χ4v) is 2.59. The van der Waals surface area contributed by atoms with Gasteiger partial charge < -0.3 is 10.0 Å². The molecule has 1 aliphatic heterocycles. The molecular formula is C16H23ClN2O3. The van der Waals surface area contributed by atoms with E-state index in [1.165, 1.54) is 5.56 Å². The second-order valence-electron chi connectivity index (χ2n) is 5.39. The third-order valence-corrected chi connectivity index (χ3v) is 3.78. The van der Waals surface area contributed by atoms with Gasteiger partial charge in [0, 0.05) is 32.6 Å². The first kappa shape index (κ1) is 18.5. The van der Waals surface area contributed by atoms with Crippen molar-refractivity contribution in [2.75, 3.05) is 32.7 Å². The standard InChI is InChI=1S/C16H22N2O3.ClH/c19-15(8-4-7-14-5-2-1-3-6-14)18-11-9-17(10-12-18)13-16(20)21;/h1-3,5-6H,4,7-13H2,(H,20,21);1H. The van der Waals surface area contributed by atoms with Crippen LogP contribution in [0.4, 0.5) is 0 Å². The second kappa shape index (κ2) is 9.43. The molecule has 0 saturated carbocycles. The van der Waals surface area contributed by atoms with Crippen molar-refractivity contribution in [2.45, 2.75) is 19.3 Å². The number of carboxylic acids is 1. The number of nitrogens with zero attached hydrogens (tertiary/aromatic N) is 2. The van der Waals surface area contributed by atoms with Gasteiger partial charge in [0.05, 0.1) is 6.54 Å². The Bertz CT molecular complexity index is 474. The first-order valence-corrected chi connectivity index (χ1v) is 7.41. The molecule has 1 aliphatic rings. The normalized spacial score (nSPS) is 15.2. The first-order chi connectivity index (χ1) is 10.1. The van der Waals surface area contributed by atoms with E-state index in [0.717, 1.165) is 12.8 Å². The van der Waals surface area contributed by atoms with Crippen LogP contribution in [0.15, 0.2) is 30.3 Å². The molecule has 1 amide bonds. The number of halogens is 1. The van der Waals surface area contributed by atoms with Gasteiger partial charge in [-0.25, -0.2) is 0 Å². The van der Waals surface area contributed by atoms with Crippen molar-refractivity contribution in [3.05, 3.63) is 35.9 Å². The summed E-state index contributed by atoms with van der Waals surface area (Å²) in [6, 6.07) is 10.2. The van der Waals surface area contributed by atoms with E-state index in [0.29, 0.717) is 32.6 Å². The number of rotatable bonds is 6. The molecule has 0 radical (unpaired) electrons. The molecule has 2 rings (SSSR count). The zero-order valence-electron chi connectivity index (χ0n) is 12.6. The van der Waals surface area contributed by atoms with E-state index in [1.54, 1.807) is 0 Å². The summed E-state index contributed by atoms with van der Waals surface area (Å²) in [6.45, 7) is 2.64. The Kier molecular flexibility index (Phi) is 7.91. The Morgan fingerprint density at radius 2 is 1.68 bits per heavy atom. The highest BCUT2D eigenvalue weighted by Crippen LogP contribution is 2.08. The van der Waals surface area contributed by atoms with E-state index in [1.807, 2.05) is 28.0 Å². The molecule has 22 heavy (non-hydrogen) atoms. The Morgan fingerprint density at radius 3 is 2.27 bits per heavy atom. The predicted octanol–water partition coefficient (Wildman–Crippen LogP) is 1.66. The van der Waals surface area contributed by atoms with Crippen LogP contribution in [0.5, 0.6) is 0 Å². The van der Waals surface area contributed by atoms with Crippen LogP contribution in [0.25, 0.3) is 0 Å². The smallest absolute Gasteiger partial charge is 0.317 e. The number of aliphatic carboxylic acids is 1. The maximum atomic E-state index is 12.1. The number of hydrogen-bond donors (Lipinski definition) is 1. The van der Waals surface area contributed by atoms with E-state index in [9.17, 15) is 9.59 Å². The van der Waals surface area contributed by atoms with Gasteiger partial charge in [-0.05, 0) is 18.4 Å². The summed E-state index contributed by atoms with van der Waals surface area (Å²) in [6.07, 6.45) is 2.34. The minimum atomic E-state index is -0.808. The molecule has 1 saturated heterocycles. The first-order valence-electron chi connectivity index (χ1n) is 7.41. The number of piperazine rings is 1. The lowest BCUT2D eigenvalue weighted by Gasteiger charge is -2.33. The predicted molar refractivity (Wildman–Crippen MR) is 87.3 cm³/mol. The molecule has 1 aromatic rings. The monoisotopic (exact) mass is 326 g/mol. The molecule has 0 unspecified atom stereocenters. The zero-order valence-corrected chi connectivity index (χ0v) is 13.4. The summed E-state index contributed by atoms with van der Waals surface area (Å²) in [4.78, 5) is 26.5. The van der Waals surface area contributed by atoms with E-state index in [-0.39, 0.29) is 24.9 Å². The molecule has 0 spiro atoms. The average molecular weight is 327 g/mol. The van der Waals surface area contributed by atoms with Crippen molar-refractivity contribution in [3.8, 4) is 0 Å². The highest BCUT2D eigenvalue weighted by molar-refractivity contribution is 5.85. The van der Waals surface area contributed by atoms with Crippen molar-refractivity contribution in [1.82, 2.24) is 9.80 Å². The van der Waals surface area contributed by atoms with Crippen molar-refractivity contribution >= 4 is 24.3 Å². The summed E-state index contributed by atoms with van der Waals surface area (Å²) in [5.41, 5.74) is 1.26. The van der Waals surface area contributed by atoms with Gasteiger partial charge >= 0.3 is 5.97 Å². The van der Waals surface area contributed by atoms with Crippen LogP contribution in [0.1, 0.15) is 18.4 Å². The summed E-state index contributed by atoms with van der Waals surface area (Å²) in [5.74, 6) is -0.626. The summed E-state index contributed by atoms with van der Waals surface area (Å²) >= 11 is 0. The molecule has 1 heterocycles. The third-order valence-electron chi connectivity index (χ3n) is 3.78. The second-order valence-corrected chi connectivity index (χ2v) is 5.39. The van der Waals surface area contributed by atoms with Crippen LogP contribution in [0, 0.1) is 0 Å². The Hall–Kier alpha value is -1.59. The minimum absolute atomic E-state index is 0. The maximum absolute atomic E-state index is 12.1. The zero-order chi connectivity index (χ0) is 15.1. The van der Waals surface area contributed by atoms with Crippen LogP contribution in [-0.2, 0) is 16.0 Å². The number of carbonyl (C=O) groups is 2. The number of aryl methyl sites for hydroxylation is 1. The molecule has 6 heteroatoms. The fourth-order valence-electron chi connectivity index (χ4n) is 2.59. The Balaban J connectivity index is 0.00000242. The van der Waals surface area contributed by atoms with Crippen LogP contribution in [0.3, 0.4) is 0 Å². The molecule has 5 nitrogen and oxygen atoms in total. The molecule has 122 valence electrons. The Morgan fingerprint density at radius 1 is 1.05 bits per heavy atom. The van der Waals surface area contributed by atoms with Gasteiger partial charge in [0.25, 0.3) is 0 Å². The summed E-state index contributed by atoms with van der Waals surface area (Å²) in [5, 5.41) is 8.74. The number of hydrogen-bond acceptors (Lipinski definition) is 3. The number of amides is 1. The quantitative estimate of drug-likeness (QED) is 0.863. The highest BCUT2D eigenvalue weighted by atomic mass is 35.5. The largest absolute Gasteiger partial charge is 0.480 e. The lowest BCUT2D eigenvalue weighted by Crippen LogP contribution is -2.49. The van der Waals surface area contributed by atoms with E-state index in [4.69, 9.17) is 5.11 Å². The van der Waals surface area contributed by atoms with Gasteiger partial charge in [0.15, 0.2) is 0 Å². The molecule has 1 fully saturated rings. The SMILES string of the molecule is Cl.O=C(O)CN1CCN(C(=O)CCCc2ccccc2)CC1. The molecule has 0 aromatic heterocycles. The molecule has 0 atom stereocenters. The Labute approximate surface area is 137 Å². The van der Waals surface area contributed by atoms with Crippen molar-refractivity contribution in [1.29, 1.82) is 0 Å². The molecule has 1 N–H and O–H groups in total. The van der Waals surface area contributed by atoms with Crippen LogP contribution >= 0.6 is 12.4 Å². The third kappa shape index (κ3) is 6.03. The van der Waals surface area contributed by atoms with Crippen LogP contribution in [-0.4, -0.2) is 59.5 Å². The van der Waals surface area contributed by atoms with E-state index < -0.39 is 5.97 Å². The van der Waals surface area contributed by atoms with Gasteiger partial charge in [-0.1, -0.05) is 30.3 Å². The molecule has 0 aliphatic carbocycles. The van der Waals surface area contributed by atoms with E-state index >= 15 is 0 Å². The van der Waals surface area contributed by atoms with Gasteiger partial charge in [0.1, 0.15) is 0 Å². The minimum Gasteiger partial charge on any atom is -0.480 e. The molecule has 1 aromatic carbocycles. The maximum Gasteiger partial charge on any atom is 0.317 e. The van der Waals surface area contributed by atoms with Crippen molar-refractivity contribution < 1.29 is 14.7 Å². The van der Waals surface area contributed by atoms with Gasteiger partial charge in [0.2, 0.25) is 5.91 Å². The van der Waals surface area contributed by atoms with Crippen LogP contribution in [0.2, 0.25) is 0 Å². The number of carboxylic acid groups (broad SMARTS) is 1. The average Bonchev–Trinajstić information content (AvgIpc) is 2.48. The number of carbonyl (C=O) groups excluding carboxylic acids is 1. The van der Waals surface area contributed by atoms with Crippen LogP contribution < -0.4 is 0 Å². The fraction of sp³-hybridized carbons (Fsp3) is 0.500. The summed E-state index contributed by atoms with van der Waals surface area (Å²) in [7, 11) is 0. The van der Waals surface area contributed by atoms with Gasteiger partial charge in [-0.3, -0.25) is 14.5 Å². The molecular weight excluding hydrogens is 304 g/mol. The van der Waals surface area contributed by atoms with Gasteiger partial charge in [-0.2, -0.15) is 0 Å². The highest BCUT2D eigenvalue weighted by Gasteiger charge is 2.21. The molecule has 0 bridgehead atoms. The number of benzene rings is 1. The van der Waals surface area contributed by atoms with Gasteiger partial charge in [-0.15, -0.1) is 12.4 Å².